The topological polar surface area (TPSA) is 87.5 Å². The molecule has 2 N–H and O–H groups in total. The maximum absolute atomic E-state index is 11.7. The smallest absolute Gasteiger partial charge is 0.475 e. The highest BCUT2D eigenvalue weighted by Gasteiger charge is 2.38. The number of hydrogen-bond donors (Lipinski definition) is 2. The summed E-state index contributed by atoms with van der Waals surface area (Å²) in [5, 5.41) is 10.2. The molecule has 150 valence electrons. The molecule has 2 saturated carbocycles. The second-order valence-electron chi connectivity index (χ2n) is 7.29. The van der Waals surface area contributed by atoms with Crippen molar-refractivity contribution in [2.45, 2.75) is 51.5 Å². The van der Waals surface area contributed by atoms with Crippen molar-refractivity contribution in [1.82, 2.24) is 19.8 Å². The number of aliphatic carboxylic acids is 1. The molecule has 3 aliphatic rings. The maximum Gasteiger partial charge on any atom is 0.490 e. The fraction of sp³-hybridized carbons (Fsp3) is 0.706. The van der Waals surface area contributed by atoms with Gasteiger partial charge in [0.25, 0.3) is 0 Å². The minimum absolute atomic E-state index is 0.215. The molecule has 10 heteroatoms. The Morgan fingerprint density at radius 1 is 1.22 bits per heavy atom. The molecule has 1 aliphatic heterocycles. The van der Waals surface area contributed by atoms with E-state index in [0.29, 0.717) is 6.54 Å². The van der Waals surface area contributed by atoms with Crippen LogP contribution < -0.4 is 5.32 Å². The third kappa shape index (κ3) is 5.69. The normalized spacial score (nSPS) is 19.7. The van der Waals surface area contributed by atoms with Crippen molar-refractivity contribution in [3.05, 3.63) is 17.7 Å². The summed E-state index contributed by atoms with van der Waals surface area (Å²) in [6.07, 6.45) is 1.79. The molecule has 2 heterocycles. The molecular formula is C17H23F3N4O3. The van der Waals surface area contributed by atoms with Crippen molar-refractivity contribution in [3.63, 3.8) is 0 Å². The quantitative estimate of drug-likeness (QED) is 0.803. The van der Waals surface area contributed by atoms with Crippen LogP contribution >= 0.6 is 0 Å². The molecule has 0 aromatic carbocycles. The lowest BCUT2D eigenvalue weighted by atomic mass is 10.3. The molecule has 0 saturated heterocycles. The Hall–Kier alpha value is -2.10. The largest absolute Gasteiger partial charge is 0.490 e. The molecule has 2 fully saturated rings. The lowest BCUT2D eigenvalue weighted by Crippen LogP contribution is -2.36. The second kappa shape index (κ2) is 7.87. The number of hydrogen-bond acceptors (Lipinski definition) is 4. The van der Waals surface area contributed by atoms with E-state index in [1.54, 1.807) is 0 Å². The zero-order valence-corrected chi connectivity index (χ0v) is 14.8. The molecule has 1 amide bonds. The van der Waals surface area contributed by atoms with Crippen LogP contribution in [-0.4, -0.2) is 50.7 Å². The number of halogens is 3. The molecule has 4 rings (SSSR count). The fourth-order valence-electron chi connectivity index (χ4n) is 3.00. The number of nitrogens with one attached hydrogen (secondary N) is 1. The first-order valence-corrected chi connectivity index (χ1v) is 9.07. The lowest BCUT2D eigenvalue weighted by molar-refractivity contribution is -0.192. The highest BCUT2D eigenvalue weighted by atomic mass is 19.4. The van der Waals surface area contributed by atoms with E-state index in [-0.39, 0.29) is 11.8 Å². The summed E-state index contributed by atoms with van der Waals surface area (Å²) in [5.74, 6) is -0.159. The second-order valence-corrected chi connectivity index (χ2v) is 7.29. The Morgan fingerprint density at radius 2 is 1.89 bits per heavy atom. The summed E-state index contributed by atoms with van der Waals surface area (Å²) in [6.45, 7) is 4.96. The van der Waals surface area contributed by atoms with Gasteiger partial charge in [0.1, 0.15) is 5.82 Å². The van der Waals surface area contributed by atoms with Crippen LogP contribution in [0, 0.1) is 11.8 Å². The third-order valence-electron chi connectivity index (χ3n) is 4.87. The van der Waals surface area contributed by atoms with Crippen molar-refractivity contribution in [2.75, 3.05) is 13.1 Å². The number of carboxylic acids is 1. The molecule has 1 aromatic heterocycles. The van der Waals surface area contributed by atoms with Gasteiger partial charge >= 0.3 is 12.1 Å². The van der Waals surface area contributed by atoms with Gasteiger partial charge in [-0.3, -0.25) is 9.69 Å². The van der Waals surface area contributed by atoms with Gasteiger partial charge in [-0.05, 0) is 31.6 Å². The standard InChI is InChI=1S/C15H22N4O.C2HF3O2/c20-15(12-3-4-12)17-8-13-7-16-14-10-18(5-6-19(13)14)9-11-1-2-11;3-2(4,5)1(6)7/h7,11-12H,1-6,8-10H2,(H,17,20);(H,6,7). The number of nitrogens with zero attached hydrogens (tertiary/aromatic N) is 3. The van der Waals surface area contributed by atoms with E-state index < -0.39 is 12.1 Å². The third-order valence-corrected chi connectivity index (χ3v) is 4.87. The van der Waals surface area contributed by atoms with Crippen LogP contribution in [0.4, 0.5) is 13.2 Å². The molecule has 0 unspecified atom stereocenters. The van der Waals surface area contributed by atoms with E-state index in [0.717, 1.165) is 49.9 Å². The monoisotopic (exact) mass is 388 g/mol. The van der Waals surface area contributed by atoms with Crippen molar-refractivity contribution in [3.8, 4) is 0 Å². The van der Waals surface area contributed by atoms with Crippen molar-refractivity contribution < 1.29 is 27.9 Å². The number of alkyl halides is 3. The number of carbonyl (C=O) groups excluding carboxylic acids is 1. The molecular weight excluding hydrogens is 365 g/mol. The molecule has 0 bridgehead atoms. The molecule has 7 nitrogen and oxygen atoms in total. The number of carbonyl (C=O) groups is 2. The molecule has 0 radical (unpaired) electrons. The summed E-state index contributed by atoms with van der Waals surface area (Å²) in [5.41, 5.74) is 1.15. The Morgan fingerprint density at radius 3 is 2.44 bits per heavy atom. The molecule has 0 spiro atoms. The van der Waals surface area contributed by atoms with Gasteiger partial charge in [-0.2, -0.15) is 13.2 Å². The van der Waals surface area contributed by atoms with Crippen LogP contribution in [0.15, 0.2) is 6.20 Å². The summed E-state index contributed by atoms with van der Waals surface area (Å²) >= 11 is 0. The zero-order valence-electron chi connectivity index (χ0n) is 14.8. The molecule has 2 aliphatic carbocycles. The summed E-state index contributed by atoms with van der Waals surface area (Å²) in [7, 11) is 0. The van der Waals surface area contributed by atoms with Crippen molar-refractivity contribution in [1.29, 1.82) is 0 Å². The van der Waals surface area contributed by atoms with Crippen LogP contribution in [0.2, 0.25) is 0 Å². The molecule has 27 heavy (non-hydrogen) atoms. The van der Waals surface area contributed by atoms with E-state index in [4.69, 9.17) is 9.90 Å². The van der Waals surface area contributed by atoms with E-state index >= 15 is 0 Å². The van der Waals surface area contributed by atoms with Crippen LogP contribution in [0.1, 0.15) is 37.2 Å². The zero-order chi connectivity index (χ0) is 19.6. The molecule has 1 aromatic rings. The van der Waals surface area contributed by atoms with Gasteiger partial charge in [-0.1, -0.05) is 0 Å². The molecule has 0 atom stereocenters. The summed E-state index contributed by atoms with van der Waals surface area (Å²) < 4.78 is 34.0. The van der Waals surface area contributed by atoms with Crippen molar-refractivity contribution in [2.24, 2.45) is 11.8 Å². The summed E-state index contributed by atoms with van der Waals surface area (Å²) in [6, 6.07) is 0. The average Bonchev–Trinajstić information content (AvgIpc) is 3.51. The Kier molecular flexibility index (Phi) is 5.73. The van der Waals surface area contributed by atoms with Crippen LogP contribution in [0.25, 0.3) is 0 Å². The van der Waals surface area contributed by atoms with Crippen molar-refractivity contribution >= 4 is 11.9 Å². The average molecular weight is 388 g/mol. The highest BCUT2D eigenvalue weighted by Crippen LogP contribution is 2.31. The van der Waals surface area contributed by atoms with Gasteiger partial charge in [0.05, 0.1) is 25.0 Å². The predicted octanol–water partition coefficient (Wildman–Crippen LogP) is 1.77. The maximum atomic E-state index is 11.7. The van der Waals surface area contributed by atoms with Crippen LogP contribution in [0.5, 0.6) is 0 Å². The van der Waals surface area contributed by atoms with Gasteiger partial charge in [-0.25, -0.2) is 9.78 Å². The number of fused-ring (bicyclic) bond motifs is 1. The minimum Gasteiger partial charge on any atom is -0.475 e. The number of carboxylic acid groups (broad SMARTS) is 1. The van der Waals surface area contributed by atoms with E-state index in [1.165, 1.54) is 19.4 Å². The predicted molar refractivity (Wildman–Crippen MR) is 88.5 cm³/mol. The lowest BCUT2D eigenvalue weighted by Gasteiger charge is -2.28. The summed E-state index contributed by atoms with van der Waals surface area (Å²) in [4.78, 5) is 27.7. The van der Waals surface area contributed by atoms with E-state index in [9.17, 15) is 18.0 Å². The first kappa shape index (κ1) is 19.7. The first-order chi connectivity index (χ1) is 12.7. The Labute approximate surface area is 154 Å². The van der Waals surface area contributed by atoms with E-state index in [1.807, 2.05) is 6.20 Å². The first-order valence-electron chi connectivity index (χ1n) is 9.07. The van der Waals surface area contributed by atoms with Gasteiger partial charge in [0, 0.05) is 25.6 Å². The van der Waals surface area contributed by atoms with Crippen LogP contribution in [0.3, 0.4) is 0 Å². The van der Waals surface area contributed by atoms with E-state index in [2.05, 4.69) is 19.8 Å². The van der Waals surface area contributed by atoms with Crippen LogP contribution in [-0.2, 0) is 29.2 Å². The Bertz CT molecular complexity index is 696. The van der Waals surface area contributed by atoms with Gasteiger partial charge in [0.15, 0.2) is 0 Å². The van der Waals surface area contributed by atoms with Gasteiger partial charge in [-0.15, -0.1) is 0 Å². The van der Waals surface area contributed by atoms with Gasteiger partial charge in [0.2, 0.25) is 5.91 Å². The highest BCUT2D eigenvalue weighted by molar-refractivity contribution is 5.80. The number of imidazole rings is 1. The number of aromatic nitrogens is 2. The number of rotatable bonds is 5. The minimum atomic E-state index is -5.08. The SMILES string of the molecule is O=C(NCc1cnc2n1CCN(CC1CC1)C2)C1CC1.O=C(O)C(F)(F)F. The fourth-order valence-corrected chi connectivity index (χ4v) is 3.00. The van der Waals surface area contributed by atoms with Gasteiger partial charge < -0.3 is 15.0 Å². The number of amides is 1. The Balaban J connectivity index is 0.000000260.